The minimum absolute atomic E-state index is 0.0588. The van der Waals surface area contributed by atoms with Crippen molar-refractivity contribution in [1.82, 2.24) is 0 Å². The summed E-state index contributed by atoms with van der Waals surface area (Å²) >= 11 is 0. The highest BCUT2D eigenvalue weighted by Gasteiger charge is 2.26. The highest BCUT2D eigenvalue weighted by atomic mass is 32.2. The lowest BCUT2D eigenvalue weighted by atomic mass is 9.80. The molecular formula is C13H24O5S. The van der Waals surface area contributed by atoms with Gasteiger partial charge in [-0.25, -0.2) is 0 Å². The Balaban J connectivity index is 2.15. The third-order valence-electron chi connectivity index (χ3n) is 3.52. The van der Waals surface area contributed by atoms with Crippen LogP contribution in [-0.2, 0) is 23.8 Å². The maximum atomic E-state index is 11.6. The SMILES string of the molecule is CCOC(=O)C1CCC(CCCOS(C)(=O)=O)CC1. The second-order valence-electron chi connectivity index (χ2n) is 5.14. The average molecular weight is 292 g/mol. The van der Waals surface area contributed by atoms with Crippen molar-refractivity contribution >= 4 is 16.1 Å². The maximum absolute atomic E-state index is 11.6. The van der Waals surface area contributed by atoms with Gasteiger partial charge in [0.2, 0.25) is 0 Å². The molecule has 0 aromatic heterocycles. The molecule has 0 saturated heterocycles. The molecule has 1 fully saturated rings. The molecular weight excluding hydrogens is 268 g/mol. The Bertz CT molecular complexity index is 368. The molecule has 19 heavy (non-hydrogen) atoms. The van der Waals surface area contributed by atoms with E-state index >= 15 is 0 Å². The second-order valence-corrected chi connectivity index (χ2v) is 6.78. The van der Waals surface area contributed by atoms with Gasteiger partial charge < -0.3 is 4.74 Å². The molecule has 1 aliphatic carbocycles. The smallest absolute Gasteiger partial charge is 0.308 e. The Morgan fingerprint density at radius 2 is 1.84 bits per heavy atom. The number of carbonyl (C=O) groups is 1. The molecule has 0 heterocycles. The maximum Gasteiger partial charge on any atom is 0.308 e. The van der Waals surface area contributed by atoms with Crippen LogP contribution in [-0.4, -0.2) is 33.9 Å². The van der Waals surface area contributed by atoms with Crippen LogP contribution < -0.4 is 0 Å². The van der Waals surface area contributed by atoms with Crippen molar-refractivity contribution in [2.24, 2.45) is 11.8 Å². The average Bonchev–Trinajstić information content (AvgIpc) is 2.34. The summed E-state index contributed by atoms with van der Waals surface area (Å²) in [6.45, 7) is 2.53. The van der Waals surface area contributed by atoms with Crippen LogP contribution in [0.1, 0.15) is 45.4 Å². The lowest BCUT2D eigenvalue weighted by Gasteiger charge is -2.27. The molecule has 0 amide bonds. The number of rotatable bonds is 7. The topological polar surface area (TPSA) is 69.7 Å². The molecule has 0 aliphatic heterocycles. The molecule has 112 valence electrons. The summed E-state index contributed by atoms with van der Waals surface area (Å²) in [6.07, 6.45) is 6.59. The standard InChI is InChI=1S/C13H24O5S/c1-3-17-13(14)12-8-6-11(7-9-12)5-4-10-18-19(2,15)16/h11-12H,3-10H2,1-2H3. The second kappa shape index (κ2) is 7.85. The van der Waals surface area contributed by atoms with Crippen molar-refractivity contribution in [3.8, 4) is 0 Å². The fourth-order valence-corrected chi connectivity index (χ4v) is 2.95. The van der Waals surface area contributed by atoms with Gasteiger partial charge in [-0.2, -0.15) is 8.42 Å². The first-order valence-corrected chi connectivity index (χ1v) is 8.75. The van der Waals surface area contributed by atoms with E-state index in [1.54, 1.807) is 0 Å². The summed E-state index contributed by atoms with van der Waals surface area (Å²) in [6, 6.07) is 0. The third kappa shape index (κ3) is 6.92. The first-order chi connectivity index (χ1) is 8.92. The Hall–Kier alpha value is -0.620. The van der Waals surface area contributed by atoms with Crippen LogP contribution in [0.4, 0.5) is 0 Å². The van der Waals surface area contributed by atoms with Crippen LogP contribution in [0, 0.1) is 11.8 Å². The van der Waals surface area contributed by atoms with Crippen molar-refractivity contribution < 1.29 is 22.1 Å². The van der Waals surface area contributed by atoms with Gasteiger partial charge in [0.25, 0.3) is 10.1 Å². The van der Waals surface area contributed by atoms with Crippen LogP contribution in [0.25, 0.3) is 0 Å². The summed E-state index contributed by atoms with van der Waals surface area (Å²) in [4.78, 5) is 11.6. The molecule has 0 bridgehead atoms. The van der Waals surface area contributed by atoms with Gasteiger partial charge in [0.15, 0.2) is 0 Å². The number of hydrogen-bond donors (Lipinski definition) is 0. The van der Waals surface area contributed by atoms with Gasteiger partial charge in [0, 0.05) is 0 Å². The highest BCUT2D eigenvalue weighted by molar-refractivity contribution is 7.85. The van der Waals surface area contributed by atoms with Crippen molar-refractivity contribution in [2.45, 2.75) is 45.4 Å². The van der Waals surface area contributed by atoms with Gasteiger partial charge in [0.05, 0.1) is 25.4 Å². The van der Waals surface area contributed by atoms with E-state index in [1.165, 1.54) is 0 Å². The first-order valence-electron chi connectivity index (χ1n) is 6.93. The van der Waals surface area contributed by atoms with Crippen molar-refractivity contribution in [1.29, 1.82) is 0 Å². The van der Waals surface area contributed by atoms with Gasteiger partial charge in [0.1, 0.15) is 0 Å². The van der Waals surface area contributed by atoms with Crippen LogP contribution >= 0.6 is 0 Å². The van der Waals surface area contributed by atoms with Crippen molar-refractivity contribution in [2.75, 3.05) is 19.5 Å². The molecule has 0 atom stereocenters. The zero-order valence-corrected chi connectivity index (χ0v) is 12.6. The van der Waals surface area contributed by atoms with E-state index in [0.29, 0.717) is 12.5 Å². The van der Waals surface area contributed by atoms with Gasteiger partial charge in [-0.05, 0) is 51.4 Å². The minimum atomic E-state index is -3.31. The Morgan fingerprint density at radius 3 is 2.37 bits per heavy atom. The zero-order chi connectivity index (χ0) is 14.3. The van der Waals surface area contributed by atoms with Gasteiger partial charge >= 0.3 is 5.97 Å². The molecule has 0 unspecified atom stereocenters. The van der Waals surface area contributed by atoms with Crippen LogP contribution in [0.5, 0.6) is 0 Å². The van der Waals surface area contributed by atoms with E-state index in [-0.39, 0.29) is 18.5 Å². The predicted molar refractivity (Wildman–Crippen MR) is 72.1 cm³/mol. The van der Waals surface area contributed by atoms with E-state index in [4.69, 9.17) is 8.92 Å². The fourth-order valence-electron chi connectivity index (χ4n) is 2.53. The molecule has 1 rings (SSSR count). The minimum Gasteiger partial charge on any atom is -0.466 e. The Morgan fingerprint density at radius 1 is 1.21 bits per heavy atom. The normalized spacial score (nSPS) is 24.1. The number of esters is 1. The molecule has 6 heteroatoms. The summed E-state index contributed by atoms with van der Waals surface area (Å²) < 4.78 is 31.3. The van der Waals surface area contributed by atoms with E-state index in [9.17, 15) is 13.2 Å². The van der Waals surface area contributed by atoms with E-state index < -0.39 is 10.1 Å². The summed E-state index contributed by atoms with van der Waals surface area (Å²) in [7, 11) is -3.31. The summed E-state index contributed by atoms with van der Waals surface area (Å²) in [5.41, 5.74) is 0. The molecule has 5 nitrogen and oxygen atoms in total. The van der Waals surface area contributed by atoms with Gasteiger partial charge in [-0.1, -0.05) is 0 Å². The van der Waals surface area contributed by atoms with E-state index in [2.05, 4.69) is 0 Å². The molecule has 0 spiro atoms. The Kier molecular flexibility index (Phi) is 6.79. The van der Waals surface area contributed by atoms with E-state index in [1.807, 2.05) is 6.92 Å². The summed E-state index contributed by atoms with van der Waals surface area (Å²) in [5, 5.41) is 0. The number of hydrogen-bond acceptors (Lipinski definition) is 5. The van der Waals surface area contributed by atoms with Crippen LogP contribution in [0.3, 0.4) is 0 Å². The molecule has 0 aromatic rings. The lowest BCUT2D eigenvalue weighted by molar-refractivity contribution is -0.149. The zero-order valence-electron chi connectivity index (χ0n) is 11.8. The number of carbonyl (C=O) groups excluding carboxylic acids is 1. The quantitative estimate of drug-likeness (QED) is 0.408. The molecule has 0 N–H and O–H groups in total. The predicted octanol–water partition coefficient (Wildman–Crippen LogP) is 2.11. The molecule has 0 aromatic carbocycles. The van der Waals surface area contributed by atoms with Gasteiger partial charge in [-0.15, -0.1) is 0 Å². The van der Waals surface area contributed by atoms with Crippen molar-refractivity contribution in [3.63, 3.8) is 0 Å². The largest absolute Gasteiger partial charge is 0.466 e. The Labute approximate surface area is 115 Å². The van der Waals surface area contributed by atoms with Gasteiger partial charge in [-0.3, -0.25) is 8.98 Å². The molecule has 1 saturated carbocycles. The highest BCUT2D eigenvalue weighted by Crippen LogP contribution is 2.32. The van der Waals surface area contributed by atoms with E-state index in [0.717, 1.165) is 44.8 Å². The van der Waals surface area contributed by atoms with Crippen LogP contribution in [0.2, 0.25) is 0 Å². The lowest BCUT2D eigenvalue weighted by Crippen LogP contribution is -2.24. The molecule has 1 aliphatic rings. The number of ether oxygens (including phenoxy) is 1. The van der Waals surface area contributed by atoms with Crippen LogP contribution in [0.15, 0.2) is 0 Å². The fraction of sp³-hybridized carbons (Fsp3) is 0.923. The first kappa shape index (κ1) is 16.4. The third-order valence-corrected chi connectivity index (χ3v) is 4.12. The monoisotopic (exact) mass is 292 g/mol. The summed E-state index contributed by atoms with van der Waals surface area (Å²) in [5.74, 6) is 0.568. The molecule has 0 radical (unpaired) electrons. The van der Waals surface area contributed by atoms with Crippen molar-refractivity contribution in [3.05, 3.63) is 0 Å².